The summed E-state index contributed by atoms with van der Waals surface area (Å²) in [5.41, 5.74) is 2.04. The predicted molar refractivity (Wildman–Crippen MR) is 90.9 cm³/mol. The quantitative estimate of drug-likeness (QED) is 0.766. The largest absolute Gasteiger partial charge is 0.504 e. The highest BCUT2D eigenvalue weighted by atomic mass is 16.3. The van der Waals surface area contributed by atoms with Crippen LogP contribution in [0.15, 0.2) is 34.6 Å². The Balaban J connectivity index is 2.17. The summed E-state index contributed by atoms with van der Waals surface area (Å²) in [5.74, 6) is 0.0681. The minimum Gasteiger partial charge on any atom is -0.504 e. The third-order valence-electron chi connectivity index (χ3n) is 6.21. The fourth-order valence-electron chi connectivity index (χ4n) is 5.30. The molecule has 0 bridgehead atoms. The highest BCUT2D eigenvalue weighted by Crippen LogP contribution is 2.61. The fraction of sp³-hybridized carbons (Fsp3) is 0.650. The van der Waals surface area contributed by atoms with Crippen LogP contribution in [0.4, 0.5) is 0 Å². The molecule has 0 aromatic heterocycles. The van der Waals surface area contributed by atoms with Gasteiger partial charge < -0.3 is 10.2 Å². The number of ketones is 1. The van der Waals surface area contributed by atoms with E-state index in [4.69, 9.17) is 0 Å². The molecule has 0 spiro atoms. The number of carbonyl (C=O) groups is 1. The van der Waals surface area contributed by atoms with E-state index in [2.05, 4.69) is 26.8 Å². The standard InChI is InChI=1S/C20H28O3/c1-11(2)14-8-12-6-7-15-19(3,4)9-13(21)10-20(15,5)16(12)18(23)17(14)22/h6,8,11,13,15,21,23H,7,9-10H2,1-5H3. The lowest BCUT2D eigenvalue weighted by Gasteiger charge is -2.56. The van der Waals surface area contributed by atoms with Gasteiger partial charge in [-0.1, -0.05) is 40.7 Å². The molecule has 0 heterocycles. The van der Waals surface area contributed by atoms with Crippen LogP contribution in [0.1, 0.15) is 53.9 Å². The number of hydrogen-bond donors (Lipinski definition) is 2. The molecule has 3 aliphatic rings. The van der Waals surface area contributed by atoms with E-state index in [1.807, 2.05) is 19.9 Å². The van der Waals surface area contributed by atoms with Crippen LogP contribution in [0.2, 0.25) is 0 Å². The van der Waals surface area contributed by atoms with Crippen molar-refractivity contribution in [3.05, 3.63) is 34.6 Å². The predicted octanol–water partition coefficient (Wildman–Crippen LogP) is 4.10. The van der Waals surface area contributed by atoms with Crippen LogP contribution in [0.3, 0.4) is 0 Å². The zero-order chi connectivity index (χ0) is 17.2. The summed E-state index contributed by atoms with van der Waals surface area (Å²) in [4.78, 5) is 12.6. The maximum Gasteiger partial charge on any atom is 0.223 e. The molecule has 0 aromatic rings. The van der Waals surface area contributed by atoms with Gasteiger partial charge in [0.05, 0.1) is 6.10 Å². The summed E-state index contributed by atoms with van der Waals surface area (Å²) in [6.45, 7) is 10.4. The molecule has 1 saturated carbocycles. The molecular weight excluding hydrogens is 288 g/mol. The highest BCUT2D eigenvalue weighted by molar-refractivity contribution is 6.10. The monoisotopic (exact) mass is 316 g/mol. The van der Waals surface area contributed by atoms with E-state index in [1.165, 1.54) is 0 Å². The maximum atomic E-state index is 12.6. The molecule has 3 nitrogen and oxygen atoms in total. The van der Waals surface area contributed by atoms with Gasteiger partial charge in [-0.3, -0.25) is 4.79 Å². The van der Waals surface area contributed by atoms with Gasteiger partial charge >= 0.3 is 0 Å². The first-order chi connectivity index (χ1) is 10.6. The summed E-state index contributed by atoms with van der Waals surface area (Å²) in [6, 6.07) is 0. The number of rotatable bonds is 1. The third-order valence-corrected chi connectivity index (χ3v) is 6.21. The van der Waals surface area contributed by atoms with E-state index in [0.29, 0.717) is 17.9 Å². The molecule has 0 aliphatic heterocycles. The first-order valence-corrected chi connectivity index (χ1v) is 8.66. The van der Waals surface area contributed by atoms with Crippen molar-refractivity contribution < 1.29 is 15.0 Å². The average Bonchev–Trinajstić information content (AvgIpc) is 2.39. The van der Waals surface area contributed by atoms with E-state index in [0.717, 1.165) is 24.0 Å². The number of aliphatic hydroxyl groups excluding tert-OH is 2. The van der Waals surface area contributed by atoms with Crippen molar-refractivity contribution in [1.29, 1.82) is 0 Å². The van der Waals surface area contributed by atoms with Gasteiger partial charge in [-0.2, -0.15) is 0 Å². The summed E-state index contributed by atoms with van der Waals surface area (Å²) < 4.78 is 0. The smallest absolute Gasteiger partial charge is 0.223 e. The maximum absolute atomic E-state index is 12.6. The van der Waals surface area contributed by atoms with Crippen LogP contribution in [0.5, 0.6) is 0 Å². The van der Waals surface area contributed by atoms with Crippen molar-refractivity contribution in [2.24, 2.45) is 22.7 Å². The van der Waals surface area contributed by atoms with E-state index < -0.39 is 6.10 Å². The van der Waals surface area contributed by atoms with Gasteiger partial charge in [0.2, 0.25) is 5.78 Å². The van der Waals surface area contributed by atoms with Crippen molar-refractivity contribution in [3.63, 3.8) is 0 Å². The van der Waals surface area contributed by atoms with E-state index in [9.17, 15) is 15.0 Å². The Kier molecular flexibility index (Phi) is 3.64. The number of hydrogen-bond acceptors (Lipinski definition) is 3. The molecule has 23 heavy (non-hydrogen) atoms. The molecule has 3 atom stereocenters. The number of allylic oxidation sites excluding steroid dienone is 5. The topological polar surface area (TPSA) is 57.5 Å². The molecule has 3 heteroatoms. The number of carbonyl (C=O) groups excluding carboxylic acids is 1. The van der Waals surface area contributed by atoms with Gasteiger partial charge in [0, 0.05) is 16.6 Å². The average molecular weight is 316 g/mol. The lowest BCUT2D eigenvalue weighted by molar-refractivity contribution is -0.115. The van der Waals surface area contributed by atoms with Crippen LogP contribution in [0.25, 0.3) is 0 Å². The lowest BCUT2D eigenvalue weighted by Crippen LogP contribution is -2.50. The zero-order valence-corrected chi connectivity index (χ0v) is 14.8. The molecular formula is C20H28O3. The molecule has 1 fully saturated rings. The third kappa shape index (κ3) is 2.32. The van der Waals surface area contributed by atoms with E-state index in [-0.39, 0.29) is 28.3 Å². The Labute approximate surface area is 138 Å². The first-order valence-electron chi connectivity index (χ1n) is 8.66. The molecule has 3 unspecified atom stereocenters. The second kappa shape index (κ2) is 5.07. The second-order valence-electron chi connectivity index (χ2n) is 8.72. The highest BCUT2D eigenvalue weighted by Gasteiger charge is 2.54. The van der Waals surface area contributed by atoms with Gasteiger partial charge in [-0.15, -0.1) is 0 Å². The normalized spacial score (nSPS) is 36.4. The number of Topliss-reactive ketones (excluding diaryl/α,β-unsaturated/α-hetero) is 1. The van der Waals surface area contributed by atoms with Crippen molar-refractivity contribution in [2.45, 2.75) is 60.0 Å². The van der Waals surface area contributed by atoms with Crippen molar-refractivity contribution in [3.8, 4) is 0 Å². The molecule has 3 aliphatic carbocycles. The number of aliphatic hydroxyl groups is 2. The lowest BCUT2D eigenvalue weighted by atomic mass is 9.49. The Bertz CT molecular complexity index is 648. The zero-order valence-electron chi connectivity index (χ0n) is 14.8. The second-order valence-corrected chi connectivity index (χ2v) is 8.72. The van der Waals surface area contributed by atoms with Crippen LogP contribution in [-0.4, -0.2) is 22.1 Å². The van der Waals surface area contributed by atoms with Gasteiger partial charge in [0.1, 0.15) is 0 Å². The van der Waals surface area contributed by atoms with E-state index >= 15 is 0 Å². The molecule has 0 amide bonds. The Morgan fingerprint density at radius 1 is 1.22 bits per heavy atom. The fourth-order valence-corrected chi connectivity index (χ4v) is 5.30. The summed E-state index contributed by atoms with van der Waals surface area (Å²) in [6.07, 6.45) is 6.04. The van der Waals surface area contributed by atoms with Crippen molar-refractivity contribution in [1.82, 2.24) is 0 Å². The van der Waals surface area contributed by atoms with Crippen LogP contribution < -0.4 is 0 Å². The summed E-state index contributed by atoms with van der Waals surface area (Å²) in [7, 11) is 0. The van der Waals surface area contributed by atoms with Crippen molar-refractivity contribution >= 4 is 5.78 Å². The SMILES string of the molecule is CC(C)C1=CC2=CCC3C(C)(C)CC(O)CC3(C)C2=C(O)C1=O. The molecule has 3 rings (SSSR count). The molecule has 126 valence electrons. The summed E-state index contributed by atoms with van der Waals surface area (Å²) in [5, 5.41) is 21.1. The number of fused-ring (bicyclic) bond motifs is 3. The van der Waals surface area contributed by atoms with Gasteiger partial charge in [-0.05, 0) is 48.2 Å². The van der Waals surface area contributed by atoms with Crippen LogP contribution in [0, 0.1) is 22.7 Å². The van der Waals surface area contributed by atoms with Crippen LogP contribution in [-0.2, 0) is 4.79 Å². The van der Waals surface area contributed by atoms with E-state index in [1.54, 1.807) is 0 Å². The minimum atomic E-state index is -0.392. The van der Waals surface area contributed by atoms with Crippen molar-refractivity contribution in [2.75, 3.05) is 0 Å². The Hall–Kier alpha value is -1.35. The van der Waals surface area contributed by atoms with Gasteiger partial charge in [0.25, 0.3) is 0 Å². The van der Waals surface area contributed by atoms with Gasteiger partial charge in [-0.25, -0.2) is 0 Å². The van der Waals surface area contributed by atoms with Crippen LogP contribution >= 0.6 is 0 Å². The summed E-state index contributed by atoms with van der Waals surface area (Å²) >= 11 is 0. The Morgan fingerprint density at radius 3 is 2.48 bits per heavy atom. The van der Waals surface area contributed by atoms with Gasteiger partial charge in [0.15, 0.2) is 5.76 Å². The molecule has 0 saturated heterocycles. The molecule has 0 aromatic carbocycles. The molecule has 2 N–H and O–H groups in total. The first kappa shape index (κ1) is 16.5. The minimum absolute atomic E-state index is 0.0210. The Morgan fingerprint density at radius 2 is 1.87 bits per heavy atom. The molecule has 0 radical (unpaired) electrons.